The summed E-state index contributed by atoms with van der Waals surface area (Å²) in [6.07, 6.45) is 3.21. The third-order valence-corrected chi connectivity index (χ3v) is 4.39. The summed E-state index contributed by atoms with van der Waals surface area (Å²) < 4.78 is 0. The second kappa shape index (κ2) is 7.38. The Balaban J connectivity index is 3.10. The fourth-order valence-electron chi connectivity index (χ4n) is 2.01. The maximum absolute atomic E-state index is 11.5. The average Bonchev–Trinajstić information content (AvgIpc) is 2.79. The minimum Gasteiger partial charge on any atom is -0.355 e. The Morgan fingerprint density at radius 2 is 2.10 bits per heavy atom. The van der Waals surface area contributed by atoms with Crippen LogP contribution in [0.5, 0.6) is 0 Å². The smallest absolute Gasteiger partial charge is 0.304 e. The van der Waals surface area contributed by atoms with Crippen molar-refractivity contribution in [3.05, 3.63) is 21.1 Å². The number of Topliss-reactive ketones (excluding diaryl/α,β-unsaturated/α-hetero) is 1. The lowest BCUT2D eigenvalue weighted by atomic mass is 10.2. The molecule has 1 aromatic rings. The summed E-state index contributed by atoms with van der Waals surface area (Å²) in [7, 11) is 0. The molecule has 0 saturated carbocycles. The van der Waals surface area contributed by atoms with Crippen molar-refractivity contribution in [2.45, 2.75) is 53.0 Å². The Morgan fingerprint density at radius 1 is 1.45 bits per heavy atom. The number of carbonyl (C=O) groups excluding carboxylic acids is 1. The topological polar surface area (TPSA) is 63.5 Å². The van der Waals surface area contributed by atoms with E-state index in [-0.39, 0.29) is 17.5 Å². The van der Waals surface area contributed by atoms with Gasteiger partial charge in [-0.3, -0.25) is 14.9 Å². The lowest BCUT2D eigenvalue weighted by Gasteiger charge is -2.26. The van der Waals surface area contributed by atoms with Crippen molar-refractivity contribution in [3.8, 4) is 0 Å². The molecule has 1 heterocycles. The fourth-order valence-corrected chi connectivity index (χ4v) is 3.19. The predicted octanol–water partition coefficient (Wildman–Crippen LogP) is 4.26. The molecule has 0 N–H and O–H groups in total. The van der Waals surface area contributed by atoms with Crippen molar-refractivity contribution in [2.75, 3.05) is 11.4 Å². The SMILES string of the molecule is CCCCCN(c1sc(C(C)=O)cc1[N+](=O)[O-])C(C)C. The molecule has 6 heteroatoms. The summed E-state index contributed by atoms with van der Waals surface area (Å²) in [5.41, 5.74) is 0.0467. The molecule has 112 valence electrons. The number of unbranched alkanes of at least 4 members (excludes halogenated alkanes) is 2. The van der Waals surface area contributed by atoms with Gasteiger partial charge in [0, 0.05) is 18.7 Å². The van der Waals surface area contributed by atoms with Crippen LogP contribution in [0.3, 0.4) is 0 Å². The summed E-state index contributed by atoms with van der Waals surface area (Å²) in [4.78, 5) is 24.7. The Labute approximate surface area is 123 Å². The molecule has 0 unspecified atom stereocenters. The number of hydrogen-bond acceptors (Lipinski definition) is 5. The first-order chi connectivity index (χ1) is 9.38. The van der Waals surface area contributed by atoms with Gasteiger partial charge in [-0.1, -0.05) is 19.8 Å². The van der Waals surface area contributed by atoms with E-state index in [0.29, 0.717) is 9.88 Å². The Morgan fingerprint density at radius 3 is 2.55 bits per heavy atom. The molecular formula is C14H22N2O3S. The van der Waals surface area contributed by atoms with Gasteiger partial charge in [-0.25, -0.2) is 0 Å². The van der Waals surface area contributed by atoms with Gasteiger partial charge in [-0.2, -0.15) is 0 Å². The standard InChI is InChI=1S/C14H22N2O3S/c1-5-6-7-8-15(10(2)3)14-12(16(18)19)9-13(20-14)11(4)17/h9-10H,5-8H2,1-4H3. The molecule has 0 atom stereocenters. The normalized spacial score (nSPS) is 10.8. The summed E-state index contributed by atoms with van der Waals surface area (Å²) in [6, 6.07) is 1.57. The van der Waals surface area contributed by atoms with Crippen LogP contribution in [0.4, 0.5) is 10.7 Å². The van der Waals surface area contributed by atoms with Gasteiger partial charge in [0.2, 0.25) is 0 Å². The predicted molar refractivity (Wildman–Crippen MR) is 83.0 cm³/mol. The van der Waals surface area contributed by atoms with Gasteiger partial charge in [0.05, 0.1) is 9.80 Å². The lowest BCUT2D eigenvalue weighted by Crippen LogP contribution is -2.31. The van der Waals surface area contributed by atoms with Crippen LogP contribution < -0.4 is 4.90 Å². The second-order valence-corrected chi connectivity index (χ2v) is 6.14. The minimum absolute atomic E-state index is 0.0467. The molecule has 0 amide bonds. The Kier molecular flexibility index (Phi) is 6.13. The first-order valence-electron chi connectivity index (χ1n) is 6.94. The summed E-state index contributed by atoms with van der Waals surface area (Å²) in [6.45, 7) is 8.38. The molecule has 20 heavy (non-hydrogen) atoms. The van der Waals surface area contributed by atoms with Crippen LogP contribution in [0.1, 0.15) is 56.6 Å². The van der Waals surface area contributed by atoms with E-state index >= 15 is 0 Å². The minimum atomic E-state index is -0.395. The fraction of sp³-hybridized carbons (Fsp3) is 0.643. The molecule has 0 spiro atoms. The third kappa shape index (κ3) is 4.03. The highest BCUT2D eigenvalue weighted by molar-refractivity contribution is 7.18. The van der Waals surface area contributed by atoms with E-state index in [2.05, 4.69) is 6.92 Å². The van der Waals surface area contributed by atoms with Crippen LogP contribution in [-0.2, 0) is 0 Å². The second-order valence-electron chi connectivity index (χ2n) is 5.11. The molecule has 1 rings (SSSR count). The number of carbonyl (C=O) groups is 1. The largest absolute Gasteiger partial charge is 0.355 e. The van der Waals surface area contributed by atoms with Crippen LogP contribution in [0.2, 0.25) is 0 Å². The molecular weight excluding hydrogens is 276 g/mol. The molecule has 0 radical (unpaired) electrons. The first-order valence-corrected chi connectivity index (χ1v) is 7.75. The van der Waals surface area contributed by atoms with E-state index in [1.165, 1.54) is 24.3 Å². The highest BCUT2D eigenvalue weighted by Gasteiger charge is 2.26. The van der Waals surface area contributed by atoms with Gasteiger partial charge in [0.1, 0.15) is 0 Å². The number of hydrogen-bond donors (Lipinski definition) is 0. The van der Waals surface area contributed by atoms with Crippen LogP contribution in [0, 0.1) is 10.1 Å². The van der Waals surface area contributed by atoms with Gasteiger partial charge in [0.15, 0.2) is 10.8 Å². The highest BCUT2D eigenvalue weighted by atomic mass is 32.1. The number of ketones is 1. The van der Waals surface area contributed by atoms with Crippen molar-refractivity contribution in [2.24, 2.45) is 0 Å². The van der Waals surface area contributed by atoms with Crippen LogP contribution in [0.15, 0.2) is 6.07 Å². The van der Waals surface area contributed by atoms with E-state index in [1.807, 2.05) is 18.7 Å². The first kappa shape index (κ1) is 16.6. The van der Waals surface area contributed by atoms with E-state index in [4.69, 9.17) is 0 Å². The number of thiophene rings is 1. The summed E-state index contributed by atoms with van der Waals surface area (Å²) in [5.74, 6) is -0.124. The number of nitrogens with zero attached hydrogens (tertiary/aromatic N) is 2. The summed E-state index contributed by atoms with van der Waals surface area (Å²) >= 11 is 1.23. The van der Waals surface area contributed by atoms with E-state index in [0.717, 1.165) is 25.8 Å². The summed E-state index contributed by atoms with van der Waals surface area (Å²) in [5, 5.41) is 11.8. The monoisotopic (exact) mass is 298 g/mol. The van der Waals surface area contributed by atoms with Crippen molar-refractivity contribution in [1.82, 2.24) is 0 Å². The number of nitro groups is 1. The molecule has 0 saturated heterocycles. The molecule has 1 aromatic heterocycles. The van der Waals surface area contributed by atoms with Crippen LogP contribution >= 0.6 is 11.3 Å². The molecule has 0 bridgehead atoms. The van der Waals surface area contributed by atoms with Crippen LogP contribution in [0.25, 0.3) is 0 Å². The lowest BCUT2D eigenvalue weighted by molar-refractivity contribution is -0.383. The molecule has 0 aliphatic heterocycles. The third-order valence-electron chi connectivity index (χ3n) is 3.12. The van der Waals surface area contributed by atoms with Gasteiger partial charge in [0.25, 0.3) is 0 Å². The van der Waals surface area contributed by atoms with E-state index in [9.17, 15) is 14.9 Å². The quantitative estimate of drug-likeness (QED) is 0.311. The van der Waals surface area contributed by atoms with E-state index in [1.54, 1.807) is 0 Å². The Hall–Kier alpha value is -1.43. The molecule has 0 aliphatic carbocycles. The zero-order chi connectivity index (χ0) is 15.3. The van der Waals surface area contributed by atoms with Crippen molar-refractivity contribution >= 4 is 27.8 Å². The van der Waals surface area contributed by atoms with Gasteiger partial charge in [-0.05, 0) is 27.2 Å². The maximum atomic E-state index is 11.5. The average molecular weight is 298 g/mol. The molecule has 5 nitrogen and oxygen atoms in total. The Bertz CT molecular complexity index is 483. The molecule has 0 aliphatic rings. The molecule has 0 aromatic carbocycles. The maximum Gasteiger partial charge on any atom is 0.304 e. The van der Waals surface area contributed by atoms with Gasteiger partial charge in [-0.15, -0.1) is 11.3 Å². The van der Waals surface area contributed by atoms with Gasteiger partial charge < -0.3 is 4.90 Å². The highest BCUT2D eigenvalue weighted by Crippen LogP contribution is 2.39. The van der Waals surface area contributed by atoms with Crippen molar-refractivity contribution in [3.63, 3.8) is 0 Å². The van der Waals surface area contributed by atoms with Gasteiger partial charge >= 0.3 is 5.69 Å². The number of anilines is 1. The number of rotatable bonds is 8. The van der Waals surface area contributed by atoms with Crippen molar-refractivity contribution in [1.29, 1.82) is 0 Å². The van der Waals surface area contributed by atoms with Crippen molar-refractivity contribution < 1.29 is 9.72 Å². The zero-order valence-electron chi connectivity index (χ0n) is 12.5. The van der Waals surface area contributed by atoms with Crippen LogP contribution in [-0.4, -0.2) is 23.3 Å². The van der Waals surface area contributed by atoms with E-state index < -0.39 is 4.92 Å². The zero-order valence-corrected chi connectivity index (χ0v) is 13.3. The molecule has 0 fully saturated rings.